The van der Waals surface area contributed by atoms with Crippen LogP contribution < -0.4 is 10.1 Å². The average Bonchev–Trinajstić information content (AvgIpc) is 2.14. The van der Waals surface area contributed by atoms with E-state index in [4.69, 9.17) is 5.90 Å². The molecular weight excluding hydrogens is 218 g/mol. The first-order valence-corrected chi connectivity index (χ1v) is 6.13. The maximum atomic E-state index is 10.8. The van der Waals surface area contributed by atoms with Crippen molar-refractivity contribution in [3.63, 3.8) is 0 Å². The van der Waals surface area contributed by atoms with Gasteiger partial charge in [-0.2, -0.15) is 8.42 Å². The Morgan fingerprint density at radius 2 is 1.87 bits per heavy atom. The lowest BCUT2D eigenvalue weighted by atomic mass is 10.1. The van der Waals surface area contributed by atoms with Crippen LogP contribution >= 0.6 is 0 Å². The molecule has 1 aromatic rings. The standard InChI is InChI=1S/C9H13NO4S/c1-15(11,12)14-9-4-2-8(3-5-9)6-7-13-10/h2-5H,6-7,10H2,1H3. The third-order valence-electron chi connectivity index (χ3n) is 1.68. The van der Waals surface area contributed by atoms with Gasteiger partial charge in [-0.3, -0.25) is 0 Å². The topological polar surface area (TPSA) is 78.6 Å². The molecule has 6 heteroatoms. The average molecular weight is 231 g/mol. The molecule has 0 aliphatic heterocycles. The zero-order chi connectivity index (χ0) is 11.3. The Balaban J connectivity index is 2.64. The third kappa shape index (κ3) is 4.78. The quantitative estimate of drug-likeness (QED) is 0.588. The van der Waals surface area contributed by atoms with Gasteiger partial charge in [0.25, 0.3) is 0 Å². The normalized spacial score (nSPS) is 11.3. The predicted octanol–water partition coefficient (Wildman–Crippen LogP) is 0.458. The summed E-state index contributed by atoms with van der Waals surface area (Å²) in [6, 6.07) is 6.71. The number of benzene rings is 1. The van der Waals surface area contributed by atoms with E-state index in [0.29, 0.717) is 18.8 Å². The van der Waals surface area contributed by atoms with Crippen molar-refractivity contribution in [3.8, 4) is 5.75 Å². The molecule has 1 aromatic carbocycles. The highest BCUT2D eigenvalue weighted by Gasteiger charge is 2.03. The van der Waals surface area contributed by atoms with Crippen molar-refractivity contribution in [2.75, 3.05) is 12.9 Å². The molecule has 0 radical (unpaired) electrons. The van der Waals surface area contributed by atoms with Gasteiger partial charge in [0.05, 0.1) is 12.9 Å². The highest BCUT2D eigenvalue weighted by atomic mass is 32.2. The van der Waals surface area contributed by atoms with Gasteiger partial charge in [0.1, 0.15) is 5.75 Å². The Bertz CT molecular complexity index is 399. The van der Waals surface area contributed by atoms with Crippen LogP contribution in [-0.2, 0) is 21.4 Å². The molecule has 0 saturated heterocycles. The monoisotopic (exact) mass is 231 g/mol. The summed E-state index contributed by atoms with van der Waals surface area (Å²) in [5.74, 6) is 5.19. The maximum absolute atomic E-state index is 10.8. The molecule has 15 heavy (non-hydrogen) atoms. The summed E-state index contributed by atoms with van der Waals surface area (Å²) in [5.41, 5.74) is 1.00. The molecule has 0 atom stereocenters. The summed E-state index contributed by atoms with van der Waals surface area (Å²) in [6.45, 7) is 0.423. The van der Waals surface area contributed by atoms with Gasteiger partial charge in [-0.25, -0.2) is 5.90 Å². The number of rotatable bonds is 5. The minimum Gasteiger partial charge on any atom is -0.383 e. The predicted molar refractivity (Wildman–Crippen MR) is 55.8 cm³/mol. The van der Waals surface area contributed by atoms with E-state index in [9.17, 15) is 8.42 Å². The zero-order valence-electron chi connectivity index (χ0n) is 8.34. The molecular formula is C9H13NO4S. The van der Waals surface area contributed by atoms with E-state index in [-0.39, 0.29) is 0 Å². The van der Waals surface area contributed by atoms with Gasteiger partial charge in [0, 0.05) is 0 Å². The molecule has 0 bridgehead atoms. The first-order chi connectivity index (χ1) is 7.01. The Hall–Kier alpha value is -1.11. The van der Waals surface area contributed by atoms with Crippen LogP contribution in [0.3, 0.4) is 0 Å². The van der Waals surface area contributed by atoms with Crippen LogP contribution in [0.1, 0.15) is 5.56 Å². The minimum absolute atomic E-state index is 0.301. The van der Waals surface area contributed by atoms with Crippen molar-refractivity contribution in [3.05, 3.63) is 29.8 Å². The third-order valence-corrected chi connectivity index (χ3v) is 2.17. The molecule has 0 aliphatic carbocycles. The summed E-state index contributed by atoms with van der Waals surface area (Å²) < 4.78 is 26.3. The summed E-state index contributed by atoms with van der Waals surface area (Å²) in [7, 11) is -3.45. The summed E-state index contributed by atoms with van der Waals surface area (Å²) >= 11 is 0. The van der Waals surface area contributed by atoms with E-state index in [0.717, 1.165) is 11.8 Å². The lowest BCUT2D eigenvalue weighted by Gasteiger charge is -2.04. The molecule has 0 aliphatic rings. The molecule has 0 amide bonds. The number of nitrogens with two attached hydrogens (primary N) is 1. The molecule has 84 valence electrons. The second-order valence-corrected chi connectivity index (χ2v) is 4.63. The molecule has 0 fully saturated rings. The van der Waals surface area contributed by atoms with Crippen molar-refractivity contribution in [2.45, 2.75) is 6.42 Å². The summed E-state index contributed by atoms with van der Waals surface area (Å²) in [4.78, 5) is 4.43. The van der Waals surface area contributed by atoms with Gasteiger partial charge in [0.2, 0.25) is 0 Å². The van der Waals surface area contributed by atoms with Gasteiger partial charge in [-0.05, 0) is 24.1 Å². The Kier molecular flexibility index (Phi) is 4.07. The molecule has 0 spiro atoms. The van der Waals surface area contributed by atoms with Crippen molar-refractivity contribution < 1.29 is 17.4 Å². The van der Waals surface area contributed by atoms with E-state index in [1.54, 1.807) is 24.3 Å². The smallest absolute Gasteiger partial charge is 0.306 e. The molecule has 0 saturated carbocycles. The zero-order valence-corrected chi connectivity index (χ0v) is 9.16. The maximum Gasteiger partial charge on any atom is 0.306 e. The summed E-state index contributed by atoms with van der Waals surface area (Å²) in [6.07, 6.45) is 1.68. The Labute approximate surface area is 88.9 Å². The van der Waals surface area contributed by atoms with Crippen LogP contribution in [0.25, 0.3) is 0 Å². The highest BCUT2D eigenvalue weighted by Crippen LogP contribution is 2.14. The fourth-order valence-corrected chi connectivity index (χ4v) is 1.52. The first kappa shape index (κ1) is 12.0. The largest absolute Gasteiger partial charge is 0.383 e. The number of hydrogen-bond acceptors (Lipinski definition) is 5. The highest BCUT2D eigenvalue weighted by molar-refractivity contribution is 7.86. The van der Waals surface area contributed by atoms with Crippen LogP contribution in [0, 0.1) is 0 Å². The van der Waals surface area contributed by atoms with E-state index < -0.39 is 10.1 Å². The van der Waals surface area contributed by atoms with Crippen molar-refractivity contribution in [1.29, 1.82) is 0 Å². The molecule has 5 nitrogen and oxygen atoms in total. The van der Waals surface area contributed by atoms with E-state index >= 15 is 0 Å². The molecule has 0 heterocycles. The van der Waals surface area contributed by atoms with Gasteiger partial charge in [0.15, 0.2) is 0 Å². The molecule has 0 aromatic heterocycles. The van der Waals surface area contributed by atoms with Crippen LogP contribution in [0.5, 0.6) is 5.75 Å². The lowest BCUT2D eigenvalue weighted by molar-refractivity contribution is 0.141. The van der Waals surface area contributed by atoms with Gasteiger partial charge in [-0.1, -0.05) is 12.1 Å². The fraction of sp³-hybridized carbons (Fsp3) is 0.333. The SMILES string of the molecule is CS(=O)(=O)Oc1ccc(CCON)cc1. The lowest BCUT2D eigenvalue weighted by Crippen LogP contribution is -2.06. The van der Waals surface area contributed by atoms with Crippen molar-refractivity contribution in [1.82, 2.24) is 0 Å². The van der Waals surface area contributed by atoms with Crippen LogP contribution in [0.15, 0.2) is 24.3 Å². The second-order valence-electron chi connectivity index (χ2n) is 3.05. The van der Waals surface area contributed by atoms with E-state index in [1.807, 2.05) is 0 Å². The van der Waals surface area contributed by atoms with E-state index in [2.05, 4.69) is 9.02 Å². The van der Waals surface area contributed by atoms with E-state index in [1.165, 1.54) is 0 Å². The second kappa shape index (κ2) is 5.11. The van der Waals surface area contributed by atoms with Crippen molar-refractivity contribution >= 4 is 10.1 Å². The van der Waals surface area contributed by atoms with Gasteiger partial charge < -0.3 is 9.02 Å². The Morgan fingerprint density at radius 1 is 1.27 bits per heavy atom. The molecule has 1 rings (SSSR count). The first-order valence-electron chi connectivity index (χ1n) is 4.31. The van der Waals surface area contributed by atoms with Crippen LogP contribution in [0.4, 0.5) is 0 Å². The minimum atomic E-state index is -3.45. The fourth-order valence-electron chi connectivity index (χ4n) is 1.06. The van der Waals surface area contributed by atoms with Crippen LogP contribution in [0.2, 0.25) is 0 Å². The van der Waals surface area contributed by atoms with Gasteiger partial charge >= 0.3 is 10.1 Å². The summed E-state index contributed by atoms with van der Waals surface area (Å²) in [5, 5.41) is 0. The van der Waals surface area contributed by atoms with Crippen LogP contribution in [-0.4, -0.2) is 21.3 Å². The Morgan fingerprint density at radius 3 is 2.33 bits per heavy atom. The molecule has 0 unspecified atom stereocenters. The van der Waals surface area contributed by atoms with Crippen molar-refractivity contribution in [2.24, 2.45) is 5.90 Å². The molecule has 2 N–H and O–H groups in total. The number of hydrogen-bond donors (Lipinski definition) is 1. The van der Waals surface area contributed by atoms with Gasteiger partial charge in [-0.15, -0.1) is 0 Å².